The van der Waals surface area contributed by atoms with Crippen LogP contribution in [0.4, 0.5) is 5.82 Å². The quantitative estimate of drug-likeness (QED) is 0.677. The van der Waals surface area contributed by atoms with Gasteiger partial charge in [-0.2, -0.15) is 5.10 Å². The molecule has 0 spiro atoms. The normalized spacial score (nSPS) is 16.1. The van der Waals surface area contributed by atoms with Crippen LogP contribution < -0.4 is 4.90 Å². The molecule has 1 aromatic carbocycles. The summed E-state index contributed by atoms with van der Waals surface area (Å²) >= 11 is 0. The largest absolute Gasteiger partial charge is 0.378 e. The number of fused-ring (bicyclic) bond motifs is 3. The van der Waals surface area contributed by atoms with Crippen LogP contribution in [0.15, 0.2) is 30.3 Å². The third-order valence-corrected chi connectivity index (χ3v) is 3.72. The van der Waals surface area contributed by atoms with Gasteiger partial charge in [0.25, 0.3) is 0 Å². The van der Waals surface area contributed by atoms with Crippen molar-refractivity contribution in [3.8, 4) is 0 Å². The van der Waals surface area contributed by atoms with Crippen LogP contribution in [-0.4, -0.2) is 40.9 Å². The molecule has 0 atom stereocenters. The van der Waals surface area contributed by atoms with Crippen molar-refractivity contribution in [1.29, 1.82) is 0 Å². The van der Waals surface area contributed by atoms with Crippen molar-refractivity contribution in [2.75, 3.05) is 31.2 Å². The third-order valence-electron chi connectivity index (χ3n) is 3.72. The van der Waals surface area contributed by atoms with Gasteiger partial charge in [-0.3, -0.25) is 0 Å². The van der Waals surface area contributed by atoms with E-state index in [9.17, 15) is 0 Å². The Morgan fingerprint density at radius 1 is 1.15 bits per heavy atom. The predicted octanol–water partition coefficient (Wildman–Crippen LogP) is 2.03. The molecular formula is C15H16N4O. The lowest BCUT2D eigenvalue weighted by Crippen LogP contribution is -2.37. The van der Waals surface area contributed by atoms with Crippen LogP contribution in [0.3, 0.4) is 0 Å². The summed E-state index contributed by atoms with van der Waals surface area (Å²) in [7, 11) is 0. The van der Waals surface area contributed by atoms with Gasteiger partial charge < -0.3 is 9.64 Å². The minimum Gasteiger partial charge on any atom is -0.378 e. The highest BCUT2D eigenvalue weighted by molar-refractivity contribution is 5.91. The molecule has 102 valence electrons. The number of rotatable bonds is 1. The molecule has 1 aliphatic rings. The monoisotopic (exact) mass is 268 g/mol. The Hall–Kier alpha value is -2.14. The van der Waals surface area contributed by atoms with Crippen molar-refractivity contribution in [1.82, 2.24) is 14.6 Å². The SMILES string of the molecule is Cc1cc2nc(N3CCOCC3)c3ccccc3n2n1. The molecule has 5 nitrogen and oxygen atoms in total. The lowest BCUT2D eigenvalue weighted by atomic mass is 10.2. The summed E-state index contributed by atoms with van der Waals surface area (Å²) in [4.78, 5) is 7.12. The highest BCUT2D eigenvalue weighted by atomic mass is 16.5. The van der Waals surface area contributed by atoms with Crippen molar-refractivity contribution in [3.63, 3.8) is 0 Å². The van der Waals surface area contributed by atoms with Gasteiger partial charge in [-0.1, -0.05) is 12.1 Å². The van der Waals surface area contributed by atoms with E-state index in [1.54, 1.807) is 0 Å². The van der Waals surface area contributed by atoms with Crippen LogP contribution in [0.2, 0.25) is 0 Å². The number of hydrogen-bond acceptors (Lipinski definition) is 4. The number of nitrogens with zero attached hydrogens (tertiary/aromatic N) is 4. The number of aromatic nitrogens is 3. The van der Waals surface area contributed by atoms with Gasteiger partial charge in [0, 0.05) is 24.5 Å². The Bertz CT molecular complexity index is 774. The Kier molecular flexibility index (Phi) is 2.60. The fourth-order valence-electron chi connectivity index (χ4n) is 2.78. The number of ether oxygens (including phenoxy) is 1. The van der Waals surface area contributed by atoms with E-state index in [1.807, 2.05) is 23.6 Å². The molecule has 4 rings (SSSR count). The van der Waals surface area contributed by atoms with Gasteiger partial charge >= 0.3 is 0 Å². The van der Waals surface area contributed by atoms with Crippen molar-refractivity contribution >= 4 is 22.4 Å². The minimum absolute atomic E-state index is 0.763. The number of benzene rings is 1. The standard InChI is InChI=1S/C15H16N4O/c1-11-10-14-16-15(18-6-8-20-9-7-18)12-4-2-3-5-13(12)19(14)17-11/h2-5,10H,6-9H2,1H3. The lowest BCUT2D eigenvalue weighted by Gasteiger charge is -2.28. The van der Waals surface area contributed by atoms with Crippen molar-refractivity contribution in [2.24, 2.45) is 0 Å². The van der Waals surface area contributed by atoms with Crippen LogP contribution >= 0.6 is 0 Å². The molecular weight excluding hydrogens is 252 g/mol. The van der Waals surface area contributed by atoms with E-state index in [0.29, 0.717) is 0 Å². The van der Waals surface area contributed by atoms with E-state index in [1.165, 1.54) is 0 Å². The molecule has 20 heavy (non-hydrogen) atoms. The molecule has 0 N–H and O–H groups in total. The van der Waals surface area contributed by atoms with Crippen LogP contribution in [0.1, 0.15) is 5.69 Å². The van der Waals surface area contributed by atoms with Gasteiger partial charge in [-0.15, -0.1) is 0 Å². The molecule has 1 aliphatic heterocycles. The van der Waals surface area contributed by atoms with Crippen molar-refractivity contribution in [3.05, 3.63) is 36.0 Å². The zero-order valence-electron chi connectivity index (χ0n) is 11.4. The van der Waals surface area contributed by atoms with Crippen LogP contribution in [0, 0.1) is 6.92 Å². The first-order valence-corrected chi connectivity index (χ1v) is 6.91. The molecule has 2 aromatic heterocycles. The van der Waals surface area contributed by atoms with Crippen LogP contribution in [0.5, 0.6) is 0 Å². The molecule has 0 saturated carbocycles. The molecule has 3 heterocycles. The second kappa shape index (κ2) is 4.45. The highest BCUT2D eigenvalue weighted by Crippen LogP contribution is 2.26. The summed E-state index contributed by atoms with van der Waals surface area (Å²) < 4.78 is 7.36. The Labute approximate surface area is 116 Å². The van der Waals surface area contributed by atoms with Gasteiger partial charge in [0.2, 0.25) is 0 Å². The molecule has 3 aromatic rings. The topological polar surface area (TPSA) is 42.7 Å². The Morgan fingerprint density at radius 3 is 2.80 bits per heavy atom. The maximum Gasteiger partial charge on any atom is 0.158 e. The number of morpholine rings is 1. The van der Waals surface area contributed by atoms with E-state index in [0.717, 1.165) is 54.4 Å². The Balaban J connectivity index is 2.01. The average molecular weight is 268 g/mol. The summed E-state index contributed by atoms with van der Waals surface area (Å²) in [5, 5.41) is 5.68. The van der Waals surface area contributed by atoms with E-state index in [4.69, 9.17) is 9.72 Å². The molecule has 0 amide bonds. The van der Waals surface area contributed by atoms with Gasteiger partial charge in [0.15, 0.2) is 5.65 Å². The zero-order chi connectivity index (χ0) is 13.5. The van der Waals surface area contributed by atoms with Crippen LogP contribution in [0.25, 0.3) is 16.6 Å². The van der Waals surface area contributed by atoms with Gasteiger partial charge in [-0.05, 0) is 19.1 Å². The fraction of sp³-hybridized carbons (Fsp3) is 0.333. The number of aryl methyl sites for hydroxylation is 1. The minimum atomic E-state index is 0.763. The second-order valence-electron chi connectivity index (χ2n) is 5.11. The zero-order valence-corrected chi connectivity index (χ0v) is 11.4. The number of para-hydroxylation sites is 1. The van der Waals surface area contributed by atoms with Crippen molar-refractivity contribution in [2.45, 2.75) is 6.92 Å². The van der Waals surface area contributed by atoms with Crippen LogP contribution in [-0.2, 0) is 4.74 Å². The molecule has 5 heteroatoms. The Morgan fingerprint density at radius 2 is 1.95 bits per heavy atom. The third kappa shape index (κ3) is 1.74. The smallest absolute Gasteiger partial charge is 0.158 e. The summed E-state index contributed by atoms with van der Waals surface area (Å²) in [6.45, 7) is 5.30. The maximum atomic E-state index is 5.44. The summed E-state index contributed by atoms with van der Waals surface area (Å²) in [6.07, 6.45) is 0. The molecule has 1 saturated heterocycles. The molecule has 0 unspecified atom stereocenters. The fourth-order valence-corrected chi connectivity index (χ4v) is 2.78. The lowest BCUT2D eigenvalue weighted by molar-refractivity contribution is 0.122. The summed E-state index contributed by atoms with van der Waals surface area (Å²) in [5.74, 6) is 1.04. The molecule has 0 radical (unpaired) electrons. The van der Waals surface area contributed by atoms with Gasteiger partial charge in [-0.25, -0.2) is 9.50 Å². The van der Waals surface area contributed by atoms with E-state index >= 15 is 0 Å². The molecule has 0 aliphatic carbocycles. The number of hydrogen-bond donors (Lipinski definition) is 0. The molecule has 1 fully saturated rings. The first-order valence-electron chi connectivity index (χ1n) is 6.91. The first-order chi connectivity index (χ1) is 9.83. The first kappa shape index (κ1) is 11.7. The second-order valence-corrected chi connectivity index (χ2v) is 5.11. The van der Waals surface area contributed by atoms with Gasteiger partial charge in [0.05, 0.1) is 24.4 Å². The summed E-state index contributed by atoms with van der Waals surface area (Å²) in [5.41, 5.74) is 3.00. The van der Waals surface area contributed by atoms with Crippen molar-refractivity contribution < 1.29 is 4.74 Å². The van der Waals surface area contributed by atoms with Gasteiger partial charge in [0.1, 0.15) is 5.82 Å². The molecule has 0 bridgehead atoms. The van der Waals surface area contributed by atoms with E-state index in [2.05, 4.69) is 28.2 Å². The maximum absolute atomic E-state index is 5.44. The van der Waals surface area contributed by atoms with E-state index in [-0.39, 0.29) is 0 Å². The predicted molar refractivity (Wildman–Crippen MR) is 78.3 cm³/mol. The highest BCUT2D eigenvalue weighted by Gasteiger charge is 2.17. The average Bonchev–Trinajstić information content (AvgIpc) is 2.88. The summed E-state index contributed by atoms with van der Waals surface area (Å²) in [6, 6.07) is 10.3. The number of anilines is 1. The van der Waals surface area contributed by atoms with E-state index < -0.39 is 0 Å².